The highest BCUT2D eigenvalue weighted by Crippen LogP contribution is 2.30. The summed E-state index contributed by atoms with van der Waals surface area (Å²) in [7, 11) is 0. The average Bonchev–Trinajstić information content (AvgIpc) is 3.04. The quantitative estimate of drug-likeness (QED) is 0.743. The van der Waals surface area contributed by atoms with Crippen LogP contribution in [0.2, 0.25) is 10.0 Å². The van der Waals surface area contributed by atoms with E-state index in [-0.39, 0.29) is 6.04 Å². The number of ether oxygens (including phenoxy) is 1. The second-order valence-electron chi connectivity index (χ2n) is 6.26. The van der Waals surface area contributed by atoms with Gasteiger partial charge in [-0.2, -0.15) is 0 Å². The van der Waals surface area contributed by atoms with Crippen LogP contribution in [0.5, 0.6) is 0 Å². The predicted octanol–water partition coefficient (Wildman–Crippen LogP) is 3.26. The van der Waals surface area contributed by atoms with Gasteiger partial charge in [-0.15, -0.1) is 5.10 Å². The molecule has 2 N–H and O–H groups in total. The van der Waals surface area contributed by atoms with Gasteiger partial charge in [-0.3, -0.25) is 4.90 Å². The highest BCUT2D eigenvalue weighted by Gasteiger charge is 2.17. The molecule has 1 saturated heterocycles. The Labute approximate surface area is 157 Å². The van der Waals surface area contributed by atoms with E-state index in [4.69, 9.17) is 33.7 Å². The predicted molar refractivity (Wildman–Crippen MR) is 100 cm³/mol. The zero-order chi connectivity index (χ0) is 17.6. The van der Waals surface area contributed by atoms with Gasteiger partial charge >= 0.3 is 0 Å². The van der Waals surface area contributed by atoms with Gasteiger partial charge in [0.05, 0.1) is 35.5 Å². The number of nitrogens with zero attached hydrogens (tertiary/aromatic N) is 4. The minimum Gasteiger partial charge on any atom is -0.381 e. The van der Waals surface area contributed by atoms with Gasteiger partial charge in [0.25, 0.3) is 0 Å². The van der Waals surface area contributed by atoms with Crippen molar-refractivity contribution in [2.45, 2.75) is 25.3 Å². The number of morpholine rings is 1. The molecular weight excluding hydrogens is 361 g/mol. The van der Waals surface area contributed by atoms with E-state index in [1.165, 1.54) is 0 Å². The molecule has 0 amide bonds. The van der Waals surface area contributed by atoms with Gasteiger partial charge in [0.1, 0.15) is 0 Å². The van der Waals surface area contributed by atoms with Crippen molar-refractivity contribution in [3.8, 4) is 0 Å². The molecule has 1 aliphatic heterocycles. The van der Waals surface area contributed by atoms with E-state index in [1.54, 1.807) is 6.20 Å². The molecule has 1 unspecified atom stereocenters. The molecule has 3 rings (SSSR count). The molecule has 1 fully saturated rings. The number of hydrogen-bond donors (Lipinski definition) is 1. The number of benzene rings is 1. The van der Waals surface area contributed by atoms with Crippen molar-refractivity contribution in [1.82, 2.24) is 19.9 Å². The van der Waals surface area contributed by atoms with Crippen LogP contribution < -0.4 is 5.73 Å². The minimum absolute atomic E-state index is 0.0456. The first-order chi connectivity index (χ1) is 12.1. The third-order valence-electron chi connectivity index (χ3n) is 4.48. The number of nitrogen functional groups attached to an aromatic ring is 1. The Hall–Kier alpha value is -1.34. The molecular formula is C17H23Cl2N5O. The van der Waals surface area contributed by atoms with Gasteiger partial charge in [0, 0.05) is 13.1 Å². The fraction of sp³-hybridized carbons (Fsp3) is 0.529. The van der Waals surface area contributed by atoms with Crippen molar-refractivity contribution in [2.24, 2.45) is 0 Å². The Morgan fingerprint density at radius 3 is 2.64 bits per heavy atom. The SMILES string of the molecule is Nc1cn(C(CCCCN2CCOCC2)c2ccc(Cl)c(Cl)c2)nn1. The molecule has 0 spiro atoms. The summed E-state index contributed by atoms with van der Waals surface area (Å²) in [6.07, 6.45) is 4.89. The zero-order valence-corrected chi connectivity index (χ0v) is 15.6. The lowest BCUT2D eigenvalue weighted by Crippen LogP contribution is -2.36. The molecule has 25 heavy (non-hydrogen) atoms. The molecule has 1 aromatic heterocycles. The summed E-state index contributed by atoms with van der Waals surface area (Å²) in [5, 5.41) is 9.16. The first-order valence-electron chi connectivity index (χ1n) is 8.56. The topological polar surface area (TPSA) is 69.2 Å². The van der Waals surface area contributed by atoms with Crippen molar-refractivity contribution >= 4 is 29.0 Å². The molecule has 8 heteroatoms. The van der Waals surface area contributed by atoms with Crippen molar-refractivity contribution < 1.29 is 4.74 Å². The normalized spacial score (nSPS) is 16.9. The molecule has 0 bridgehead atoms. The van der Waals surface area contributed by atoms with E-state index in [9.17, 15) is 0 Å². The number of halogens is 2. The van der Waals surface area contributed by atoms with Crippen LogP contribution in [-0.4, -0.2) is 52.7 Å². The van der Waals surface area contributed by atoms with Crippen LogP contribution in [0.4, 0.5) is 5.82 Å². The van der Waals surface area contributed by atoms with Crippen LogP contribution in [0.3, 0.4) is 0 Å². The maximum absolute atomic E-state index is 6.19. The Balaban J connectivity index is 1.63. The van der Waals surface area contributed by atoms with E-state index in [0.29, 0.717) is 15.9 Å². The van der Waals surface area contributed by atoms with Crippen LogP contribution in [0.25, 0.3) is 0 Å². The molecule has 0 aliphatic carbocycles. The third kappa shape index (κ3) is 5.07. The van der Waals surface area contributed by atoms with E-state index in [0.717, 1.165) is 57.7 Å². The summed E-state index contributed by atoms with van der Waals surface area (Å²) in [6, 6.07) is 5.75. The van der Waals surface area contributed by atoms with E-state index in [2.05, 4.69) is 15.2 Å². The first-order valence-corrected chi connectivity index (χ1v) is 9.31. The van der Waals surface area contributed by atoms with Gasteiger partial charge in [0.15, 0.2) is 5.82 Å². The molecule has 0 saturated carbocycles. The minimum atomic E-state index is 0.0456. The summed E-state index contributed by atoms with van der Waals surface area (Å²) < 4.78 is 7.20. The smallest absolute Gasteiger partial charge is 0.165 e. The number of hydrogen-bond acceptors (Lipinski definition) is 5. The summed E-state index contributed by atoms with van der Waals surface area (Å²) in [6.45, 7) is 4.82. The number of unbranched alkanes of at least 4 members (excludes halogenated alkanes) is 1. The molecule has 1 aromatic carbocycles. The first kappa shape index (κ1) is 18.5. The summed E-state index contributed by atoms with van der Waals surface area (Å²) in [5.74, 6) is 0.415. The monoisotopic (exact) mass is 383 g/mol. The molecule has 136 valence electrons. The largest absolute Gasteiger partial charge is 0.381 e. The number of nitrogens with two attached hydrogens (primary N) is 1. The van der Waals surface area contributed by atoms with Gasteiger partial charge in [-0.1, -0.05) is 34.5 Å². The molecule has 2 aromatic rings. The Kier molecular flexibility index (Phi) is 6.53. The maximum atomic E-state index is 6.19. The third-order valence-corrected chi connectivity index (χ3v) is 5.22. The van der Waals surface area contributed by atoms with Crippen LogP contribution in [-0.2, 0) is 4.74 Å². The lowest BCUT2D eigenvalue weighted by atomic mass is 10.0. The fourth-order valence-corrected chi connectivity index (χ4v) is 3.42. The van der Waals surface area contributed by atoms with E-state index >= 15 is 0 Å². The van der Waals surface area contributed by atoms with Crippen molar-refractivity contribution in [3.05, 3.63) is 40.0 Å². The fourth-order valence-electron chi connectivity index (χ4n) is 3.11. The van der Waals surface area contributed by atoms with Gasteiger partial charge < -0.3 is 10.5 Å². The standard InChI is InChI=1S/C17H23Cl2N5O/c18-14-5-4-13(11-15(14)19)16(24-12-17(20)21-22-24)3-1-2-6-23-7-9-25-10-8-23/h4-5,11-12,16H,1-3,6-10,20H2. The molecule has 2 heterocycles. The summed E-state index contributed by atoms with van der Waals surface area (Å²) >= 11 is 12.2. The summed E-state index contributed by atoms with van der Waals surface area (Å²) in [4.78, 5) is 2.45. The Bertz CT molecular complexity index is 687. The van der Waals surface area contributed by atoms with Crippen LogP contribution >= 0.6 is 23.2 Å². The maximum Gasteiger partial charge on any atom is 0.165 e. The molecule has 6 nitrogen and oxygen atoms in total. The van der Waals surface area contributed by atoms with E-state index < -0.39 is 0 Å². The van der Waals surface area contributed by atoms with Crippen LogP contribution in [0, 0.1) is 0 Å². The second-order valence-corrected chi connectivity index (χ2v) is 7.08. The lowest BCUT2D eigenvalue weighted by molar-refractivity contribution is 0.0370. The Morgan fingerprint density at radius 1 is 1.16 bits per heavy atom. The van der Waals surface area contributed by atoms with Gasteiger partial charge in [0.2, 0.25) is 0 Å². The molecule has 1 atom stereocenters. The van der Waals surface area contributed by atoms with Gasteiger partial charge in [-0.25, -0.2) is 4.68 Å². The average molecular weight is 384 g/mol. The highest BCUT2D eigenvalue weighted by molar-refractivity contribution is 6.42. The molecule has 0 radical (unpaired) electrons. The lowest BCUT2D eigenvalue weighted by Gasteiger charge is -2.26. The van der Waals surface area contributed by atoms with Crippen molar-refractivity contribution in [1.29, 1.82) is 0 Å². The number of anilines is 1. The van der Waals surface area contributed by atoms with Gasteiger partial charge in [-0.05, 0) is 43.5 Å². The van der Waals surface area contributed by atoms with Crippen LogP contribution in [0.15, 0.2) is 24.4 Å². The van der Waals surface area contributed by atoms with E-state index in [1.807, 2.05) is 22.9 Å². The van der Waals surface area contributed by atoms with Crippen molar-refractivity contribution in [3.63, 3.8) is 0 Å². The number of rotatable bonds is 7. The van der Waals surface area contributed by atoms with Crippen molar-refractivity contribution in [2.75, 3.05) is 38.6 Å². The second kappa shape index (κ2) is 8.85. The van der Waals surface area contributed by atoms with Crippen LogP contribution in [0.1, 0.15) is 30.9 Å². The molecule has 1 aliphatic rings. The Morgan fingerprint density at radius 2 is 1.96 bits per heavy atom. The highest BCUT2D eigenvalue weighted by atomic mass is 35.5. The number of aromatic nitrogens is 3. The zero-order valence-electron chi connectivity index (χ0n) is 14.1. The summed E-state index contributed by atoms with van der Waals surface area (Å²) in [5.41, 5.74) is 6.80.